The van der Waals surface area contributed by atoms with E-state index in [0.29, 0.717) is 45.1 Å². The number of carbonyl (C=O) groups is 1. The van der Waals surface area contributed by atoms with Crippen LogP contribution in [-0.2, 0) is 19.0 Å². The maximum atomic E-state index is 12.2. The van der Waals surface area contributed by atoms with E-state index < -0.39 is 11.0 Å². The predicted molar refractivity (Wildman–Crippen MR) is 166 cm³/mol. The monoisotopic (exact) mass is 590 g/mol. The van der Waals surface area contributed by atoms with E-state index in [9.17, 15) is 10.1 Å². The van der Waals surface area contributed by atoms with Gasteiger partial charge in [0.1, 0.15) is 11.6 Å². The number of pyridine rings is 2. The Kier molecular flexibility index (Phi) is 10.2. The van der Waals surface area contributed by atoms with Gasteiger partial charge in [0.2, 0.25) is 0 Å². The van der Waals surface area contributed by atoms with E-state index in [4.69, 9.17) is 19.2 Å². The highest BCUT2D eigenvalue weighted by Crippen LogP contribution is 2.41. The number of aromatic nitrogens is 2. The van der Waals surface area contributed by atoms with Crippen molar-refractivity contribution in [1.29, 1.82) is 5.26 Å². The van der Waals surface area contributed by atoms with Crippen molar-refractivity contribution < 1.29 is 19.0 Å². The van der Waals surface area contributed by atoms with Crippen LogP contribution in [0.25, 0.3) is 11.3 Å². The molecule has 10 heteroatoms. The third-order valence-electron chi connectivity index (χ3n) is 8.98. The fraction of sp³-hybridized carbons (Fsp3) is 0.636. The molecule has 5 rings (SSSR count). The molecule has 1 atom stereocenters. The number of rotatable bonds is 13. The van der Waals surface area contributed by atoms with Gasteiger partial charge in [-0.15, -0.1) is 0 Å². The van der Waals surface area contributed by atoms with Gasteiger partial charge in [0.15, 0.2) is 5.60 Å². The molecule has 2 aromatic rings. The molecule has 1 aliphatic heterocycles. The van der Waals surface area contributed by atoms with Crippen LogP contribution in [0.4, 0.5) is 11.6 Å². The quantitative estimate of drug-likeness (QED) is 0.274. The van der Waals surface area contributed by atoms with Crippen molar-refractivity contribution >= 4 is 17.6 Å². The number of ether oxygens (including phenoxy) is 3. The molecule has 0 aromatic carbocycles. The van der Waals surface area contributed by atoms with Gasteiger partial charge in [-0.05, 0) is 95.9 Å². The van der Waals surface area contributed by atoms with E-state index in [1.807, 2.05) is 31.3 Å². The lowest BCUT2D eigenvalue weighted by atomic mass is 9.82. The van der Waals surface area contributed by atoms with Crippen LogP contribution in [0.2, 0.25) is 0 Å². The Hall–Kier alpha value is -3.26. The smallest absolute Gasteiger partial charge is 0.338 e. The highest BCUT2D eigenvalue weighted by atomic mass is 16.6. The van der Waals surface area contributed by atoms with Crippen LogP contribution in [0.5, 0.6) is 0 Å². The number of hydrogen-bond acceptors (Lipinski definition) is 10. The van der Waals surface area contributed by atoms with Crippen molar-refractivity contribution in [2.45, 2.75) is 95.9 Å². The van der Waals surface area contributed by atoms with Crippen molar-refractivity contribution in [3.05, 3.63) is 36.0 Å². The number of anilines is 2. The number of nitriles is 1. The second kappa shape index (κ2) is 14.0. The molecule has 2 aromatic heterocycles. The zero-order valence-corrected chi connectivity index (χ0v) is 25.8. The summed E-state index contributed by atoms with van der Waals surface area (Å²) in [4.78, 5) is 21.7. The van der Waals surface area contributed by atoms with Crippen LogP contribution in [0.15, 0.2) is 30.5 Å². The van der Waals surface area contributed by atoms with Crippen LogP contribution in [0.1, 0.15) is 70.8 Å². The molecule has 0 spiro atoms. The molecular formula is C33H46N6O4. The minimum Gasteiger partial charge on any atom is -0.464 e. The standard InChI is InChI=1S/C33H46N6O4/c1-4-42-31(40)33(12-13-33)43-20-24(3)37-25-8-10-26(11-9-25)38-30-18-27(23(2)19-35-30)28-6-5-7-29(39-28)36-22-32(21-34)14-16-41-17-15-32/h5-7,18-19,24-26,37H,4,8-17,20,22H2,1-3H3,(H,35,38)(H,36,39)/t24-,25-,26-/m0/s1. The molecule has 0 radical (unpaired) electrons. The molecule has 3 N–H and O–H groups in total. The highest BCUT2D eigenvalue weighted by molar-refractivity contribution is 5.82. The van der Waals surface area contributed by atoms with Gasteiger partial charge in [-0.3, -0.25) is 0 Å². The van der Waals surface area contributed by atoms with Crippen LogP contribution in [0, 0.1) is 23.7 Å². The molecule has 1 saturated heterocycles. The average molecular weight is 591 g/mol. The summed E-state index contributed by atoms with van der Waals surface area (Å²) in [7, 11) is 0. The highest BCUT2D eigenvalue weighted by Gasteiger charge is 2.53. The molecule has 3 heterocycles. The third-order valence-corrected chi connectivity index (χ3v) is 8.98. The number of nitrogens with zero attached hydrogens (tertiary/aromatic N) is 3. The zero-order chi connectivity index (χ0) is 30.3. The predicted octanol–water partition coefficient (Wildman–Crippen LogP) is 5.00. The Labute approximate surface area is 255 Å². The van der Waals surface area contributed by atoms with Crippen LogP contribution >= 0.6 is 0 Å². The Bertz CT molecular complexity index is 1280. The summed E-state index contributed by atoms with van der Waals surface area (Å²) >= 11 is 0. The second-order valence-corrected chi connectivity index (χ2v) is 12.4. The molecule has 10 nitrogen and oxygen atoms in total. The van der Waals surface area contributed by atoms with Crippen molar-refractivity contribution in [2.24, 2.45) is 5.41 Å². The summed E-state index contributed by atoms with van der Waals surface area (Å²) < 4.78 is 16.6. The number of esters is 1. The van der Waals surface area contributed by atoms with Gasteiger partial charge in [-0.1, -0.05) is 6.07 Å². The topological polar surface area (TPSA) is 130 Å². The first kappa shape index (κ1) is 31.2. The molecule has 2 aliphatic carbocycles. The first-order valence-corrected chi connectivity index (χ1v) is 15.8. The first-order chi connectivity index (χ1) is 20.8. The van der Waals surface area contributed by atoms with Crippen LogP contribution in [0.3, 0.4) is 0 Å². The minimum atomic E-state index is -0.703. The van der Waals surface area contributed by atoms with E-state index in [0.717, 1.165) is 79.8 Å². The van der Waals surface area contributed by atoms with E-state index in [-0.39, 0.29) is 12.0 Å². The summed E-state index contributed by atoms with van der Waals surface area (Å²) in [5.74, 6) is 1.40. The van der Waals surface area contributed by atoms with Gasteiger partial charge >= 0.3 is 5.97 Å². The van der Waals surface area contributed by atoms with E-state index in [1.165, 1.54) is 0 Å². The first-order valence-electron chi connectivity index (χ1n) is 15.8. The lowest BCUT2D eigenvalue weighted by Crippen LogP contribution is -2.44. The Morgan fingerprint density at radius 1 is 1.14 bits per heavy atom. The second-order valence-electron chi connectivity index (χ2n) is 12.4. The molecular weight excluding hydrogens is 544 g/mol. The fourth-order valence-electron chi connectivity index (χ4n) is 6.04. The summed E-state index contributed by atoms with van der Waals surface area (Å²) in [5.41, 5.74) is 1.87. The maximum Gasteiger partial charge on any atom is 0.338 e. The van der Waals surface area contributed by atoms with Gasteiger partial charge in [-0.2, -0.15) is 5.26 Å². The van der Waals surface area contributed by atoms with Crippen molar-refractivity contribution in [3.63, 3.8) is 0 Å². The maximum absolute atomic E-state index is 12.2. The van der Waals surface area contributed by atoms with E-state index in [1.54, 1.807) is 0 Å². The van der Waals surface area contributed by atoms with Gasteiger partial charge in [0.25, 0.3) is 0 Å². The summed E-state index contributed by atoms with van der Waals surface area (Å²) in [6.07, 6.45) is 9.10. The third kappa shape index (κ3) is 8.02. The van der Waals surface area contributed by atoms with Gasteiger partial charge in [-0.25, -0.2) is 14.8 Å². The van der Waals surface area contributed by atoms with Gasteiger partial charge in [0.05, 0.1) is 30.4 Å². The molecule has 0 amide bonds. The van der Waals surface area contributed by atoms with Crippen molar-refractivity contribution in [3.8, 4) is 17.3 Å². The summed E-state index contributed by atoms with van der Waals surface area (Å²) in [6, 6.07) is 11.5. The van der Waals surface area contributed by atoms with Crippen molar-refractivity contribution in [1.82, 2.24) is 15.3 Å². The Morgan fingerprint density at radius 2 is 1.88 bits per heavy atom. The normalized spacial score (nSPS) is 23.0. The zero-order valence-electron chi connectivity index (χ0n) is 25.8. The fourth-order valence-corrected chi connectivity index (χ4v) is 6.04. The van der Waals surface area contributed by atoms with Crippen LogP contribution < -0.4 is 16.0 Å². The molecule has 43 heavy (non-hydrogen) atoms. The molecule has 2 saturated carbocycles. The van der Waals surface area contributed by atoms with Crippen LogP contribution in [-0.4, -0.2) is 72.6 Å². The molecule has 0 bridgehead atoms. The number of carbonyl (C=O) groups excluding carboxylic acids is 1. The van der Waals surface area contributed by atoms with Crippen molar-refractivity contribution in [2.75, 3.05) is 43.6 Å². The Balaban J connectivity index is 1.11. The van der Waals surface area contributed by atoms with Gasteiger partial charge in [0, 0.05) is 49.6 Å². The largest absolute Gasteiger partial charge is 0.464 e. The Morgan fingerprint density at radius 3 is 2.58 bits per heavy atom. The molecule has 0 unspecified atom stereocenters. The number of nitrogens with one attached hydrogen (secondary N) is 3. The molecule has 3 fully saturated rings. The van der Waals surface area contributed by atoms with E-state index >= 15 is 0 Å². The number of aryl methyl sites for hydroxylation is 1. The minimum absolute atomic E-state index is 0.169. The SMILES string of the molecule is CCOC(=O)C1(OC[C@H](C)N[C@H]2CC[C@H](Nc3cc(-c4cccc(NCC5(C#N)CCOCC5)n4)c(C)cn3)CC2)CC1. The van der Waals surface area contributed by atoms with E-state index in [2.05, 4.69) is 46.9 Å². The lowest BCUT2D eigenvalue weighted by molar-refractivity contribution is -0.160. The van der Waals surface area contributed by atoms with Gasteiger partial charge < -0.3 is 30.2 Å². The summed E-state index contributed by atoms with van der Waals surface area (Å²) in [5, 5.41) is 20.5. The molecule has 232 valence electrons. The number of hydrogen-bond donors (Lipinski definition) is 3. The summed E-state index contributed by atoms with van der Waals surface area (Å²) in [6.45, 7) is 8.70. The average Bonchev–Trinajstić information content (AvgIpc) is 3.83. The molecule has 3 aliphatic rings. The lowest BCUT2D eigenvalue weighted by Gasteiger charge is -2.32.